The summed E-state index contributed by atoms with van der Waals surface area (Å²) in [6.07, 6.45) is 5.16. The van der Waals surface area contributed by atoms with Gasteiger partial charge in [0.1, 0.15) is 23.6 Å². The molecule has 1 saturated heterocycles. The summed E-state index contributed by atoms with van der Waals surface area (Å²) in [7, 11) is 0. The number of nitrogens with one attached hydrogen (secondary N) is 1. The Balaban J connectivity index is 1.71. The van der Waals surface area contributed by atoms with Crippen molar-refractivity contribution in [2.24, 2.45) is 0 Å². The molecule has 1 fully saturated rings. The number of nitrogens with zero attached hydrogens (tertiary/aromatic N) is 4. The third-order valence-corrected chi connectivity index (χ3v) is 3.95. The first-order valence-corrected chi connectivity index (χ1v) is 7.63. The van der Waals surface area contributed by atoms with E-state index < -0.39 is 0 Å². The van der Waals surface area contributed by atoms with E-state index in [1.807, 2.05) is 0 Å². The lowest BCUT2D eigenvalue weighted by Gasteiger charge is -2.23. The molecule has 4 rings (SSSR count). The van der Waals surface area contributed by atoms with E-state index in [4.69, 9.17) is 4.74 Å². The first kappa shape index (κ1) is 14.1. The van der Waals surface area contributed by atoms with Crippen LogP contribution >= 0.6 is 0 Å². The molecule has 7 heteroatoms. The summed E-state index contributed by atoms with van der Waals surface area (Å²) in [5.41, 5.74) is 1.22. The molecular formula is C16H16FN5O. The summed E-state index contributed by atoms with van der Waals surface area (Å²) in [5.74, 6) is 0.218. The van der Waals surface area contributed by atoms with Gasteiger partial charge in [0.25, 0.3) is 0 Å². The van der Waals surface area contributed by atoms with Gasteiger partial charge in [-0.25, -0.2) is 19.0 Å². The smallest absolute Gasteiger partial charge is 0.228 e. The Morgan fingerprint density at radius 1 is 1.22 bits per heavy atom. The zero-order valence-corrected chi connectivity index (χ0v) is 12.4. The maximum Gasteiger partial charge on any atom is 0.228 e. The van der Waals surface area contributed by atoms with Gasteiger partial charge in [-0.2, -0.15) is 5.10 Å². The molecule has 3 aromatic rings. The normalized spacial score (nSPS) is 15.9. The topological polar surface area (TPSA) is 64.9 Å². The van der Waals surface area contributed by atoms with Gasteiger partial charge in [0, 0.05) is 0 Å². The third kappa shape index (κ3) is 2.75. The third-order valence-electron chi connectivity index (χ3n) is 3.95. The monoisotopic (exact) mass is 313 g/mol. The molecule has 2 aromatic heterocycles. The lowest BCUT2D eigenvalue weighted by molar-refractivity contribution is 0.158. The van der Waals surface area contributed by atoms with Gasteiger partial charge in [-0.15, -0.1) is 0 Å². The summed E-state index contributed by atoms with van der Waals surface area (Å²) in [6.45, 7) is 1.89. The number of benzene rings is 1. The van der Waals surface area contributed by atoms with Gasteiger partial charge < -0.3 is 10.1 Å². The molecular weight excluding hydrogens is 297 g/mol. The Bertz CT molecular complexity index is 828. The molecule has 1 N–H and O–H groups in total. The minimum atomic E-state index is -0.314. The van der Waals surface area contributed by atoms with Crippen molar-refractivity contribution in [1.29, 1.82) is 0 Å². The molecule has 118 valence electrons. The van der Waals surface area contributed by atoms with Crippen molar-refractivity contribution in [2.45, 2.75) is 18.9 Å². The second-order valence-electron chi connectivity index (χ2n) is 5.52. The zero-order chi connectivity index (χ0) is 15.6. The van der Waals surface area contributed by atoms with Crippen LogP contribution in [0, 0.1) is 5.82 Å². The van der Waals surface area contributed by atoms with Crippen LogP contribution < -0.4 is 10.1 Å². The highest BCUT2D eigenvalue weighted by Gasteiger charge is 2.18. The minimum Gasteiger partial charge on any atom is -0.474 e. The van der Waals surface area contributed by atoms with Crippen molar-refractivity contribution < 1.29 is 9.13 Å². The fourth-order valence-corrected chi connectivity index (χ4v) is 2.78. The SMILES string of the molecule is Fc1cccc(-n2ncc3c(OC4CCNCC4)ncnc32)c1. The van der Waals surface area contributed by atoms with Gasteiger partial charge in [0.05, 0.1) is 11.9 Å². The fraction of sp³-hybridized carbons (Fsp3) is 0.312. The van der Waals surface area contributed by atoms with Crippen molar-refractivity contribution in [1.82, 2.24) is 25.1 Å². The standard InChI is InChI=1S/C16H16FN5O/c17-11-2-1-3-12(8-11)22-15-14(9-21-22)16(20-10-19-15)23-13-4-6-18-7-5-13/h1-3,8-10,13,18H,4-7H2. The Labute approximate surface area is 132 Å². The molecule has 6 nitrogen and oxygen atoms in total. The van der Waals surface area contributed by atoms with Crippen LogP contribution in [0.2, 0.25) is 0 Å². The second kappa shape index (κ2) is 5.92. The van der Waals surface area contributed by atoms with Crippen LogP contribution in [0.15, 0.2) is 36.8 Å². The number of ether oxygens (including phenoxy) is 1. The molecule has 0 radical (unpaired) electrons. The number of hydrogen-bond donors (Lipinski definition) is 1. The van der Waals surface area contributed by atoms with Crippen LogP contribution in [0.4, 0.5) is 4.39 Å². The van der Waals surface area contributed by atoms with Crippen LogP contribution in [-0.2, 0) is 0 Å². The van der Waals surface area contributed by atoms with E-state index in [2.05, 4.69) is 20.4 Å². The number of piperidine rings is 1. The quantitative estimate of drug-likeness (QED) is 0.802. The predicted molar refractivity (Wildman–Crippen MR) is 83.1 cm³/mol. The molecule has 0 saturated carbocycles. The average Bonchev–Trinajstić information content (AvgIpc) is 3.01. The molecule has 0 aliphatic carbocycles. The molecule has 0 amide bonds. The number of halogens is 1. The van der Waals surface area contributed by atoms with E-state index in [0.717, 1.165) is 31.3 Å². The second-order valence-corrected chi connectivity index (χ2v) is 5.52. The summed E-state index contributed by atoms with van der Waals surface area (Å²) >= 11 is 0. The van der Waals surface area contributed by atoms with E-state index in [-0.39, 0.29) is 11.9 Å². The molecule has 3 heterocycles. The van der Waals surface area contributed by atoms with Crippen LogP contribution in [0.5, 0.6) is 5.88 Å². The van der Waals surface area contributed by atoms with Crippen LogP contribution in [0.1, 0.15) is 12.8 Å². The lowest BCUT2D eigenvalue weighted by atomic mass is 10.1. The molecule has 0 unspecified atom stereocenters. The van der Waals surface area contributed by atoms with E-state index >= 15 is 0 Å². The Hall–Kier alpha value is -2.54. The first-order valence-electron chi connectivity index (χ1n) is 7.63. The van der Waals surface area contributed by atoms with Gasteiger partial charge in [-0.1, -0.05) is 6.07 Å². The highest BCUT2D eigenvalue weighted by molar-refractivity contribution is 5.81. The van der Waals surface area contributed by atoms with Crippen molar-refractivity contribution in [3.8, 4) is 11.6 Å². The van der Waals surface area contributed by atoms with Gasteiger partial charge in [0.2, 0.25) is 5.88 Å². The molecule has 23 heavy (non-hydrogen) atoms. The number of fused-ring (bicyclic) bond motifs is 1. The minimum absolute atomic E-state index is 0.145. The Kier molecular flexibility index (Phi) is 3.63. The van der Waals surface area contributed by atoms with Crippen molar-refractivity contribution >= 4 is 11.0 Å². The molecule has 1 aromatic carbocycles. The number of rotatable bonds is 3. The van der Waals surface area contributed by atoms with Crippen molar-refractivity contribution in [3.63, 3.8) is 0 Å². The summed E-state index contributed by atoms with van der Waals surface area (Å²) in [4.78, 5) is 8.52. The highest BCUT2D eigenvalue weighted by atomic mass is 19.1. The number of aromatic nitrogens is 4. The van der Waals surface area contributed by atoms with E-state index in [0.29, 0.717) is 17.2 Å². The molecule has 0 bridgehead atoms. The summed E-state index contributed by atoms with van der Waals surface area (Å²) in [5, 5.41) is 8.35. The molecule has 1 aliphatic heterocycles. The van der Waals surface area contributed by atoms with Gasteiger partial charge in [0.15, 0.2) is 5.65 Å². The maximum absolute atomic E-state index is 13.4. The van der Waals surface area contributed by atoms with E-state index in [9.17, 15) is 4.39 Å². The van der Waals surface area contributed by atoms with Crippen LogP contribution in [0.25, 0.3) is 16.7 Å². The zero-order valence-electron chi connectivity index (χ0n) is 12.4. The van der Waals surface area contributed by atoms with Gasteiger partial charge in [-0.05, 0) is 44.1 Å². The van der Waals surface area contributed by atoms with Crippen molar-refractivity contribution in [3.05, 3.63) is 42.6 Å². The van der Waals surface area contributed by atoms with E-state index in [1.165, 1.54) is 18.5 Å². The van der Waals surface area contributed by atoms with Crippen LogP contribution in [-0.4, -0.2) is 38.9 Å². The molecule has 0 spiro atoms. The average molecular weight is 313 g/mol. The predicted octanol–water partition coefficient (Wildman–Crippen LogP) is 2.09. The summed E-state index contributed by atoms with van der Waals surface area (Å²) < 4.78 is 21.1. The Morgan fingerprint density at radius 3 is 2.91 bits per heavy atom. The molecule has 1 aliphatic rings. The maximum atomic E-state index is 13.4. The summed E-state index contributed by atoms with van der Waals surface area (Å²) in [6, 6.07) is 6.24. The van der Waals surface area contributed by atoms with Gasteiger partial charge >= 0.3 is 0 Å². The largest absolute Gasteiger partial charge is 0.474 e. The van der Waals surface area contributed by atoms with E-state index in [1.54, 1.807) is 23.0 Å². The fourth-order valence-electron chi connectivity index (χ4n) is 2.78. The first-order chi connectivity index (χ1) is 11.3. The molecule has 0 atom stereocenters. The number of hydrogen-bond acceptors (Lipinski definition) is 5. The lowest BCUT2D eigenvalue weighted by Crippen LogP contribution is -2.34. The van der Waals surface area contributed by atoms with Crippen LogP contribution in [0.3, 0.4) is 0 Å². The Morgan fingerprint density at radius 2 is 2.09 bits per heavy atom. The highest BCUT2D eigenvalue weighted by Crippen LogP contribution is 2.25. The van der Waals surface area contributed by atoms with Gasteiger partial charge in [-0.3, -0.25) is 0 Å². The van der Waals surface area contributed by atoms with Crippen molar-refractivity contribution in [2.75, 3.05) is 13.1 Å².